The van der Waals surface area contributed by atoms with E-state index < -0.39 is 11.7 Å². The van der Waals surface area contributed by atoms with Gasteiger partial charge in [0.25, 0.3) is 0 Å². The highest BCUT2D eigenvalue weighted by Gasteiger charge is 2.19. The molecule has 124 valence electrons. The van der Waals surface area contributed by atoms with Crippen LogP contribution in [0.3, 0.4) is 0 Å². The molecule has 0 saturated heterocycles. The SMILES string of the molecule is CC[C@@H](C)c1csc(N(C)C(=O)CNC(=O)OC(C)(C)C)n1. The lowest BCUT2D eigenvalue weighted by atomic mass is 10.1. The fraction of sp³-hybridized carbons (Fsp3) is 0.667. The van der Waals surface area contributed by atoms with Crippen LogP contribution in [0.2, 0.25) is 0 Å². The third-order valence-corrected chi connectivity index (χ3v) is 4.01. The molecule has 0 fully saturated rings. The first kappa shape index (κ1) is 18.4. The van der Waals surface area contributed by atoms with Gasteiger partial charge in [-0.25, -0.2) is 9.78 Å². The number of aromatic nitrogens is 1. The molecule has 2 amide bonds. The number of alkyl carbamates (subject to hydrolysis) is 1. The number of likely N-dealkylation sites (N-methyl/N-ethyl adjacent to an activating group) is 1. The number of thiazole rings is 1. The van der Waals surface area contributed by atoms with Gasteiger partial charge in [0.05, 0.1) is 5.69 Å². The van der Waals surface area contributed by atoms with E-state index in [0.29, 0.717) is 11.0 Å². The second-order valence-corrected chi connectivity index (χ2v) is 7.01. The van der Waals surface area contributed by atoms with E-state index >= 15 is 0 Å². The number of anilines is 1. The van der Waals surface area contributed by atoms with Crippen molar-refractivity contribution in [2.24, 2.45) is 0 Å². The van der Waals surface area contributed by atoms with Gasteiger partial charge in [0.1, 0.15) is 12.1 Å². The zero-order valence-electron chi connectivity index (χ0n) is 14.1. The van der Waals surface area contributed by atoms with Crippen LogP contribution >= 0.6 is 11.3 Å². The summed E-state index contributed by atoms with van der Waals surface area (Å²) in [5.74, 6) is 0.129. The first-order valence-electron chi connectivity index (χ1n) is 7.33. The van der Waals surface area contributed by atoms with E-state index in [1.807, 2.05) is 5.38 Å². The summed E-state index contributed by atoms with van der Waals surface area (Å²) in [4.78, 5) is 29.5. The van der Waals surface area contributed by atoms with Crippen molar-refractivity contribution >= 4 is 28.5 Å². The molecule has 1 aromatic rings. The largest absolute Gasteiger partial charge is 0.444 e. The Morgan fingerprint density at radius 1 is 1.45 bits per heavy atom. The van der Waals surface area contributed by atoms with Crippen LogP contribution in [0, 0.1) is 0 Å². The van der Waals surface area contributed by atoms with E-state index in [0.717, 1.165) is 12.1 Å². The molecule has 1 heterocycles. The number of carbonyl (C=O) groups is 2. The average molecular weight is 327 g/mol. The second-order valence-electron chi connectivity index (χ2n) is 6.17. The molecule has 0 aliphatic heterocycles. The Morgan fingerprint density at radius 2 is 2.09 bits per heavy atom. The average Bonchev–Trinajstić information content (AvgIpc) is 2.90. The number of nitrogens with one attached hydrogen (secondary N) is 1. The normalized spacial score (nSPS) is 12.6. The monoisotopic (exact) mass is 327 g/mol. The molecule has 0 bridgehead atoms. The fourth-order valence-electron chi connectivity index (χ4n) is 1.55. The second kappa shape index (κ2) is 7.58. The molecule has 0 aliphatic rings. The maximum Gasteiger partial charge on any atom is 0.408 e. The molecule has 1 rings (SSSR count). The number of hydrogen-bond acceptors (Lipinski definition) is 5. The first-order valence-corrected chi connectivity index (χ1v) is 8.20. The summed E-state index contributed by atoms with van der Waals surface area (Å²) in [7, 11) is 1.65. The summed E-state index contributed by atoms with van der Waals surface area (Å²) in [6, 6.07) is 0. The van der Waals surface area contributed by atoms with E-state index in [-0.39, 0.29) is 12.5 Å². The molecule has 0 spiro atoms. The van der Waals surface area contributed by atoms with Gasteiger partial charge >= 0.3 is 6.09 Å². The standard InChI is InChI=1S/C15H25N3O3S/c1-7-10(2)11-9-22-13(17-11)18(6)12(19)8-16-14(20)21-15(3,4)5/h9-10H,7-8H2,1-6H3,(H,16,20)/t10-/m1/s1. The molecular formula is C15H25N3O3S. The van der Waals surface area contributed by atoms with Crippen LogP contribution in [-0.2, 0) is 9.53 Å². The third kappa shape index (κ3) is 5.63. The Balaban J connectivity index is 2.55. The van der Waals surface area contributed by atoms with Crippen LogP contribution in [0.4, 0.5) is 9.93 Å². The Kier molecular flexibility index (Phi) is 6.34. The van der Waals surface area contributed by atoms with Crippen LogP contribution < -0.4 is 10.2 Å². The van der Waals surface area contributed by atoms with Crippen molar-refractivity contribution in [1.29, 1.82) is 0 Å². The number of rotatable bonds is 5. The van der Waals surface area contributed by atoms with Crippen LogP contribution in [-0.4, -0.2) is 36.2 Å². The Hall–Kier alpha value is -1.63. The molecule has 0 aromatic carbocycles. The maximum absolute atomic E-state index is 12.1. The number of hydrogen-bond donors (Lipinski definition) is 1. The molecule has 0 saturated carbocycles. The summed E-state index contributed by atoms with van der Waals surface area (Å²) >= 11 is 1.42. The lowest BCUT2D eigenvalue weighted by Gasteiger charge is -2.20. The minimum absolute atomic E-state index is 0.121. The van der Waals surface area contributed by atoms with E-state index in [1.165, 1.54) is 16.2 Å². The van der Waals surface area contributed by atoms with Crippen LogP contribution in [0.25, 0.3) is 0 Å². The maximum atomic E-state index is 12.1. The zero-order valence-corrected chi connectivity index (χ0v) is 14.9. The van der Waals surface area contributed by atoms with Gasteiger partial charge in [0, 0.05) is 12.4 Å². The predicted molar refractivity (Wildman–Crippen MR) is 88.5 cm³/mol. The molecule has 0 radical (unpaired) electrons. The topological polar surface area (TPSA) is 71.5 Å². The van der Waals surface area contributed by atoms with Crippen molar-refractivity contribution in [1.82, 2.24) is 10.3 Å². The molecule has 1 N–H and O–H groups in total. The molecule has 7 heteroatoms. The Labute approximate surface area is 135 Å². The summed E-state index contributed by atoms with van der Waals surface area (Å²) in [6.45, 7) is 9.39. The van der Waals surface area contributed by atoms with Gasteiger partial charge < -0.3 is 10.1 Å². The summed E-state index contributed by atoms with van der Waals surface area (Å²) in [5.41, 5.74) is 0.404. The van der Waals surface area contributed by atoms with Gasteiger partial charge in [0.15, 0.2) is 5.13 Å². The molecule has 1 atom stereocenters. The van der Waals surface area contributed by atoms with Crippen molar-refractivity contribution in [2.45, 2.75) is 52.6 Å². The quantitative estimate of drug-likeness (QED) is 0.902. The van der Waals surface area contributed by atoms with E-state index in [2.05, 4.69) is 24.1 Å². The summed E-state index contributed by atoms with van der Waals surface area (Å²) in [6.07, 6.45) is 0.398. The van der Waals surface area contributed by atoms with Crippen molar-refractivity contribution in [3.8, 4) is 0 Å². The molecular weight excluding hydrogens is 302 g/mol. The van der Waals surface area contributed by atoms with Gasteiger partial charge in [-0.05, 0) is 33.1 Å². The van der Waals surface area contributed by atoms with Crippen LogP contribution in [0.1, 0.15) is 52.7 Å². The smallest absolute Gasteiger partial charge is 0.408 e. The van der Waals surface area contributed by atoms with Gasteiger partial charge in [-0.2, -0.15) is 0 Å². The fourth-order valence-corrected chi connectivity index (χ4v) is 2.48. The van der Waals surface area contributed by atoms with Crippen molar-refractivity contribution < 1.29 is 14.3 Å². The number of amides is 2. The number of carbonyl (C=O) groups excluding carboxylic acids is 2. The minimum atomic E-state index is -0.603. The van der Waals surface area contributed by atoms with Gasteiger partial charge in [-0.1, -0.05) is 13.8 Å². The highest BCUT2D eigenvalue weighted by Crippen LogP contribution is 2.25. The van der Waals surface area contributed by atoms with E-state index in [1.54, 1.807) is 27.8 Å². The molecule has 6 nitrogen and oxygen atoms in total. The highest BCUT2D eigenvalue weighted by atomic mass is 32.1. The Bertz CT molecular complexity index is 522. The minimum Gasteiger partial charge on any atom is -0.444 e. The summed E-state index contributed by atoms with van der Waals surface area (Å²) < 4.78 is 5.09. The number of ether oxygens (including phenoxy) is 1. The lowest BCUT2D eigenvalue weighted by Crippen LogP contribution is -2.40. The van der Waals surface area contributed by atoms with Gasteiger partial charge in [-0.3, -0.25) is 9.69 Å². The first-order chi connectivity index (χ1) is 10.1. The van der Waals surface area contributed by atoms with Crippen molar-refractivity contribution in [3.63, 3.8) is 0 Å². The van der Waals surface area contributed by atoms with Crippen LogP contribution in [0.5, 0.6) is 0 Å². The number of nitrogens with zero attached hydrogens (tertiary/aromatic N) is 2. The highest BCUT2D eigenvalue weighted by molar-refractivity contribution is 7.14. The Morgan fingerprint density at radius 3 is 2.64 bits per heavy atom. The third-order valence-electron chi connectivity index (χ3n) is 3.07. The van der Waals surface area contributed by atoms with E-state index in [4.69, 9.17) is 4.74 Å². The van der Waals surface area contributed by atoms with Crippen LogP contribution in [0.15, 0.2) is 5.38 Å². The van der Waals surface area contributed by atoms with E-state index in [9.17, 15) is 9.59 Å². The van der Waals surface area contributed by atoms with Crippen molar-refractivity contribution in [2.75, 3.05) is 18.5 Å². The predicted octanol–water partition coefficient (Wildman–Crippen LogP) is 3.14. The lowest BCUT2D eigenvalue weighted by molar-refractivity contribution is -0.117. The molecule has 0 unspecified atom stereocenters. The zero-order chi connectivity index (χ0) is 16.9. The van der Waals surface area contributed by atoms with Crippen molar-refractivity contribution in [3.05, 3.63) is 11.1 Å². The molecule has 1 aromatic heterocycles. The molecule has 22 heavy (non-hydrogen) atoms. The molecule has 0 aliphatic carbocycles. The summed E-state index contributed by atoms with van der Waals surface area (Å²) in [5, 5.41) is 5.05. The van der Waals surface area contributed by atoms with Gasteiger partial charge in [0.2, 0.25) is 5.91 Å². The van der Waals surface area contributed by atoms with Gasteiger partial charge in [-0.15, -0.1) is 11.3 Å².